The molecule has 5 heteroatoms. The average Bonchev–Trinajstić information content (AvgIpc) is 2.83. The normalized spacial score (nSPS) is 21.4. The van der Waals surface area contributed by atoms with E-state index < -0.39 is 11.7 Å². The van der Waals surface area contributed by atoms with Crippen LogP contribution in [0, 0.1) is 11.3 Å². The van der Waals surface area contributed by atoms with Crippen LogP contribution in [0.4, 0.5) is 13.2 Å². The summed E-state index contributed by atoms with van der Waals surface area (Å²) in [5.74, 6) is 0. The second-order valence-electron chi connectivity index (χ2n) is 3.69. The summed E-state index contributed by atoms with van der Waals surface area (Å²) in [6.45, 7) is 1.78. The Labute approximate surface area is 81.1 Å². The van der Waals surface area contributed by atoms with Crippen LogP contribution in [0.1, 0.15) is 32.6 Å². The molecular formula is C9H13F3N2. The van der Waals surface area contributed by atoms with Gasteiger partial charge in [-0.05, 0) is 19.3 Å². The molecule has 2 nitrogen and oxygen atoms in total. The lowest BCUT2D eigenvalue weighted by Crippen LogP contribution is -2.49. The van der Waals surface area contributed by atoms with Crippen LogP contribution in [0.2, 0.25) is 0 Å². The maximum absolute atomic E-state index is 12.5. The number of hydrogen-bond acceptors (Lipinski definition) is 2. The second kappa shape index (κ2) is 3.77. The number of nitriles is 1. The SMILES string of the molecule is CCC(CC#N)NC1(C(F)(F)F)CC1. The first-order chi connectivity index (χ1) is 6.45. The van der Waals surface area contributed by atoms with Crippen LogP contribution in [-0.4, -0.2) is 17.8 Å². The van der Waals surface area contributed by atoms with Crippen molar-refractivity contribution in [2.24, 2.45) is 0 Å². The number of hydrogen-bond donors (Lipinski definition) is 1. The van der Waals surface area contributed by atoms with Gasteiger partial charge < -0.3 is 0 Å². The van der Waals surface area contributed by atoms with Gasteiger partial charge in [-0.25, -0.2) is 0 Å². The topological polar surface area (TPSA) is 35.8 Å². The van der Waals surface area contributed by atoms with E-state index in [9.17, 15) is 13.2 Å². The van der Waals surface area contributed by atoms with E-state index in [0.717, 1.165) is 0 Å². The van der Waals surface area contributed by atoms with Crippen molar-refractivity contribution in [1.29, 1.82) is 5.26 Å². The third-order valence-electron chi connectivity index (χ3n) is 2.60. The lowest BCUT2D eigenvalue weighted by Gasteiger charge is -2.25. The molecule has 0 aliphatic heterocycles. The van der Waals surface area contributed by atoms with Gasteiger partial charge in [0.1, 0.15) is 5.54 Å². The van der Waals surface area contributed by atoms with Gasteiger partial charge in [-0.15, -0.1) is 0 Å². The van der Waals surface area contributed by atoms with Crippen LogP contribution in [0.3, 0.4) is 0 Å². The first kappa shape index (κ1) is 11.3. The molecule has 0 bridgehead atoms. The first-order valence-corrected chi connectivity index (χ1v) is 4.66. The van der Waals surface area contributed by atoms with E-state index in [-0.39, 0.29) is 25.3 Å². The smallest absolute Gasteiger partial charge is 0.300 e. The van der Waals surface area contributed by atoms with Gasteiger partial charge in [0.25, 0.3) is 0 Å². The van der Waals surface area contributed by atoms with E-state index in [0.29, 0.717) is 6.42 Å². The van der Waals surface area contributed by atoms with Gasteiger partial charge in [0.2, 0.25) is 0 Å². The molecule has 1 aliphatic carbocycles. The molecule has 0 aromatic rings. The van der Waals surface area contributed by atoms with Gasteiger partial charge in [-0.3, -0.25) is 5.32 Å². The van der Waals surface area contributed by atoms with Gasteiger partial charge in [0.15, 0.2) is 0 Å². The van der Waals surface area contributed by atoms with Crippen LogP contribution >= 0.6 is 0 Å². The quantitative estimate of drug-likeness (QED) is 0.766. The summed E-state index contributed by atoms with van der Waals surface area (Å²) in [5, 5.41) is 11.0. The molecule has 0 radical (unpaired) electrons. The Balaban J connectivity index is 2.55. The molecule has 1 fully saturated rings. The number of nitrogens with zero attached hydrogens (tertiary/aromatic N) is 1. The highest BCUT2D eigenvalue weighted by Crippen LogP contribution is 2.49. The van der Waals surface area contributed by atoms with Gasteiger partial charge in [0.05, 0.1) is 12.5 Å². The molecule has 1 aliphatic rings. The molecule has 1 N–H and O–H groups in total. The molecule has 1 saturated carbocycles. The van der Waals surface area contributed by atoms with E-state index >= 15 is 0 Å². The largest absolute Gasteiger partial charge is 0.406 e. The zero-order valence-electron chi connectivity index (χ0n) is 7.99. The highest BCUT2D eigenvalue weighted by atomic mass is 19.4. The average molecular weight is 206 g/mol. The molecular weight excluding hydrogens is 193 g/mol. The van der Waals surface area contributed by atoms with Crippen LogP contribution < -0.4 is 5.32 Å². The van der Waals surface area contributed by atoms with E-state index in [4.69, 9.17) is 5.26 Å². The molecule has 0 heterocycles. The minimum Gasteiger partial charge on any atom is -0.300 e. The molecule has 14 heavy (non-hydrogen) atoms. The highest BCUT2D eigenvalue weighted by molar-refractivity contribution is 5.09. The van der Waals surface area contributed by atoms with Crippen molar-refractivity contribution in [2.75, 3.05) is 0 Å². The van der Waals surface area contributed by atoms with Crippen molar-refractivity contribution < 1.29 is 13.2 Å². The predicted octanol–water partition coefficient (Wildman–Crippen LogP) is 2.36. The Hall–Kier alpha value is -0.760. The third-order valence-corrected chi connectivity index (χ3v) is 2.60. The molecule has 1 unspecified atom stereocenters. The maximum Gasteiger partial charge on any atom is 0.406 e. The Morgan fingerprint density at radius 1 is 1.50 bits per heavy atom. The van der Waals surface area contributed by atoms with Gasteiger partial charge in [-0.1, -0.05) is 6.92 Å². The maximum atomic E-state index is 12.5. The van der Waals surface area contributed by atoms with Crippen molar-refractivity contribution in [1.82, 2.24) is 5.32 Å². The summed E-state index contributed by atoms with van der Waals surface area (Å²) >= 11 is 0. The summed E-state index contributed by atoms with van der Waals surface area (Å²) in [4.78, 5) is 0. The van der Waals surface area contributed by atoms with Crippen molar-refractivity contribution >= 4 is 0 Å². The summed E-state index contributed by atoms with van der Waals surface area (Å²) in [6, 6.07) is 1.55. The predicted molar refractivity (Wildman–Crippen MR) is 45.5 cm³/mol. The fraction of sp³-hybridized carbons (Fsp3) is 0.889. The molecule has 0 aromatic heterocycles. The summed E-state index contributed by atoms with van der Waals surface area (Å²) < 4.78 is 37.5. The highest BCUT2D eigenvalue weighted by Gasteiger charge is 2.63. The number of halogens is 3. The summed E-state index contributed by atoms with van der Waals surface area (Å²) in [6.07, 6.45) is -3.23. The lowest BCUT2D eigenvalue weighted by molar-refractivity contribution is -0.167. The molecule has 0 saturated heterocycles. The minimum atomic E-state index is -4.18. The first-order valence-electron chi connectivity index (χ1n) is 4.66. The number of alkyl halides is 3. The van der Waals surface area contributed by atoms with Crippen molar-refractivity contribution in [3.63, 3.8) is 0 Å². The van der Waals surface area contributed by atoms with E-state index in [1.807, 2.05) is 6.07 Å². The Bertz CT molecular complexity index is 237. The molecule has 0 amide bonds. The fourth-order valence-corrected chi connectivity index (χ4v) is 1.43. The Morgan fingerprint density at radius 2 is 2.07 bits per heavy atom. The molecule has 1 atom stereocenters. The summed E-state index contributed by atoms with van der Waals surface area (Å²) in [5.41, 5.74) is -1.69. The number of nitrogens with one attached hydrogen (secondary N) is 1. The van der Waals surface area contributed by atoms with Crippen LogP contribution in [0.5, 0.6) is 0 Å². The third kappa shape index (κ3) is 2.18. The van der Waals surface area contributed by atoms with Crippen LogP contribution in [0.25, 0.3) is 0 Å². The summed E-state index contributed by atoms with van der Waals surface area (Å²) in [7, 11) is 0. The molecule has 0 aromatic carbocycles. The van der Waals surface area contributed by atoms with Crippen LogP contribution in [0.15, 0.2) is 0 Å². The zero-order valence-corrected chi connectivity index (χ0v) is 7.99. The Morgan fingerprint density at radius 3 is 2.36 bits per heavy atom. The van der Waals surface area contributed by atoms with Crippen LogP contribution in [-0.2, 0) is 0 Å². The van der Waals surface area contributed by atoms with E-state index in [2.05, 4.69) is 5.32 Å². The van der Waals surface area contributed by atoms with Gasteiger partial charge in [0, 0.05) is 6.04 Å². The molecule has 1 rings (SSSR count). The van der Waals surface area contributed by atoms with E-state index in [1.165, 1.54) is 0 Å². The second-order valence-corrected chi connectivity index (χ2v) is 3.69. The fourth-order valence-electron chi connectivity index (χ4n) is 1.43. The monoisotopic (exact) mass is 206 g/mol. The molecule has 80 valence electrons. The number of rotatable bonds is 4. The van der Waals surface area contributed by atoms with E-state index in [1.54, 1.807) is 6.92 Å². The standard InChI is InChI=1S/C9H13F3N2/c1-2-7(3-6-13)14-8(4-5-8)9(10,11)12/h7,14H,2-5H2,1H3. The van der Waals surface area contributed by atoms with Crippen molar-refractivity contribution in [3.05, 3.63) is 0 Å². The van der Waals surface area contributed by atoms with Gasteiger partial charge in [-0.2, -0.15) is 18.4 Å². The van der Waals surface area contributed by atoms with Crippen molar-refractivity contribution in [3.8, 4) is 6.07 Å². The van der Waals surface area contributed by atoms with Gasteiger partial charge >= 0.3 is 6.18 Å². The van der Waals surface area contributed by atoms with Crippen molar-refractivity contribution in [2.45, 2.75) is 50.4 Å². The molecule has 0 spiro atoms. The lowest BCUT2D eigenvalue weighted by atomic mass is 10.1. The minimum absolute atomic E-state index is 0.133. The Kier molecular flexibility index (Phi) is 3.05. The zero-order chi connectivity index (χ0) is 10.8.